The monoisotopic (exact) mass is 1010 g/mol. The van der Waals surface area contributed by atoms with Crippen LogP contribution in [0.1, 0.15) is 342 Å². The van der Waals surface area contributed by atoms with Crippen molar-refractivity contribution in [3.05, 3.63) is 0 Å². The van der Waals surface area contributed by atoms with Crippen LogP contribution in [0.4, 0.5) is 0 Å². The van der Waals surface area contributed by atoms with Crippen LogP contribution in [0.2, 0.25) is 0 Å². The van der Waals surface area contributed by atoms with E-state index < -0.39 is 15.9 Å². The van der Waals surface area contributed by atoms with Crippen LogP contribution in [0.15, 0.2) is 0 Å². The van der Waals surface area contributed by atoms with Crippen LogP contribution in [-0.4, -0.2) is 57.6 Å². The lowest BCUT2D eigenvalue weighted by Gasteiger charge is -2.27. The van der Waals surface area contributed by atoms with Gasteiger partial charge in [0.1, 0.15) is 5.78 Å². The third-order valence-corrected chi connectivity index (χ3v) is 15.4. The number of aliphatic hydroxyl groups is 3. The number of unbranched alkanes of at least 4 members (excludes halogenated alkanes) is 42. The quantitative estimate of drug-likeness (QED) is 0.0271. The number of rotatable bonds is 56. The maximum absolute atomic E-state index is 13.9. The van der Waals surface area contributed by atoms with Crippen molar-refractivity contribution in [2.75, 3.05) is 19.8 Å². The highest BCUT2D eigenvalue weighted by Crippen LogP contribution is 2.34. The molecule has 3 N–H and O–H groups in total. The number of thiol groups is 1. The van der Waals surface area contributed by atoms with Crippen molar-refractivity contribution in [1.29, 1.82) is 0 Å². The molecule has 0 aromatic heterocycles. The average Bonchev–Trinajstić information content (AvgIpc) is 3.36. The van der Waals surface area contributed by atoms with Crippen LogP contribution in [0.3, 0.4) is 0 Å². The molecule has 0 aliphatic carbocycles. The van der Waals surface area contributed by atoms with Crippen LogP contribution in [0.5, 0.6) is 0 Å². The van der Waals surface area contributed by atoms with Gasteiger partial charge in [-0.25, -0.2) is 0 Å². The Labute approximate surface area is 440 Å². The van der Waals surface area contributed by atoms with Gasteiger partial charge >= 0.3 is 0 Å². The molecule has 0 bridgehead atoms. The first-order chi connectivity index (χ1) is 34.0. The van der Waals surface area contributed by atoms with E-state index in [9.17, 15) is 19.2 Å². The lowest BCUT2D eigenvalue weighted by atomic mass is 9.72. The molecule has 0 aromatic carbocycles. The van der Waals surface area contributed by atoms with E-state index in [2.05, 4.69) is 33.4 Å². The fraction of sp³-hybridized carbons (Fsp3) is 0.935. The van der Waals surface area contributed by atoms with E-state index in [1.165, 1.54) is 218 Å². The molecule has 0 fully saturated rings. The molecule has 0 rings (SSSR count). The summed E-state index contributed by atoms with van der Waals surface area (Å²) in [5.74, 6) is -0.845. The van der Waals surface area contributed by atoms with E-state index in [0.717, 1.165) is 57.8 Å². The Morgan fingerprint density at radius 2 is 0.500 bits per heavy atom. The van der Waals surface area contributed by atoms with Gasteiger partial charge in [0.2, 0.25) is 5.12 Å². The minimum absolute atomic E-state index is 0.128. The van der Waals surface area contributed by atoms with Gasteiger partial charge in [0, 0.05) is 31.1 Å². The normalized spacial score (nSPS) is 11.8. The third kappa shape index (κ3) is 43.3. The Hall–Kier alpha value is -1.09. The number of Topliss-reactive ketones (excluding diaryl/α,β-unsaturated/α-hetero) is 3. The molecule has 0 aromatic rings. The summed E-state index contributed by atoms with van der Waals surface area (Å²) in [5.41, 5.74) is -2.61. The minimum Gasteiger partial charge on any atom is -0.396 e. The Balaban J connectivity index is 0. The largest absolute Gasteiger partial charge is 0.396 e. The van der Waals surface area contributed by atoms with Gasteiger partial charge in [-0.15, -0.1) is 12.6 Å². The van der Waals surface area contributed by atoms with Crippen molar-refractivity contribution < 1.29 is 34.5 Å². The molecule has 0 aliphatic heterocycles. The molecule has 0 amide bonds. The molecule has 0 heterocycles. The molecule has 0 saturated carbocycles. The maximum atomic E-state index is 13.9. The van der Waals surface area contributed by atoms with Crippen molar-refractivity contribution in [3.63, 3.8) is 0 Å². The van der Waals surface area contributed by atoms with Gasteiger partial charge in [-0.2, -0.15) is 0 Å². The van der Waals surface area contributed by atoms with Crippen molar-refractivity contribution in [2.24, 2.45) is 10.8 Å². The van der Waals surface area contributed by atoms with Gasteiger partial charge in [-0.05, 0) is 19.3 Å². The molecule has 0 unspecified atom stereocenters. The molecular weight excluding hydrogens is 889 g/mol. The SMILES string of the molecule is CC(CO)(CO)CO.CCCCCCCCCCCCCCCCCC(=O)CC(C(=O)S)(C(=O)CCCCCCCCCCCCCCCCC)C(=O)CCCCCCCCCCCCCCCCC. The lowest BCUT2D eigenvalue weighted by Crippen LogP contribution is -2.46. The van der Waals surface area contributed by atoms with Crippen LogP contribution in [0, 0.1) is 10.8 Å². The summed E-state index contributed by atoms with van der Waals surface area (Å²) in [6.07, 6.45) is 56.4. The van der Waals surface area contributed by atoms with Crippen LogP contribution in [-0.2, 0) is 19.2 Å². The van der Waals surface area contributed by atoms with E-state index in [1.807, 2.05) is 0 Å². The number of carbonyl (C=O) groups excluding carboxylic acids is 4. The maximum Gasteiger partial charge on any atom is 0.207 e. The van der Waals surface area contributed by atoms with E-state index in [4.69, 9.17) is 15.3 Å². The molecule has 0 aliphatic rings. The van der Waals surface area contributed by atoms with Crippen LogP contribution < -0.4 is 0 Å². The van der Waals surface area contributed by atoms with Crippen molar-refractivity contribution in [3.8, 4) is 0 Å². The molecule has 416 valence electrons. The predicted octanol–water partition coefficient (Wildman–Crippen LogP) is 18.3. The molecule has 7 nitrogen and oxygen atoms in total. The summed E-state index contributed by atoms with van der Waals surface area (Å²) in [6, 6.07) is 0. The van der Waals surface area contributed by atoms with Gasteiger partial charge in [0.05, 0.1) is 19.8 Å². The highest BCUT2D eigenvalue weighted by atomic mass is 32.1. The minimum atomic E-state index is -1.90. The van der Waals surface area contributed by atoms with Gasteiger partial charge in [-0.1, -0.05) is 297 Å². The highest BCUT2D eigenvalue weighted by Gasteiger charge is 2.50. The first-order valence-corrected chi connectivity index (χ1v) is 31.1. The summed E-state index contributed by atoms with van der Waals surface area (Å²) >= 11 is 4.20. The highest BCUT2D eigenvalue weighted by molar-refractivity contribution is 7.97. The first-order valence-electron chi connectivity index (χ1n) is 30.7. The fourth-order valence-electron chi connectivity index (χ4n) is 9.63. The third-order valence-electron chi connectivity index (χ3n) is 15.0. The molecule has 0 spiro atoms. The zero-order valence-electron chi connectivity index (χ0n) is 47.2. The van der Waals surface area contributed by atoms with E-state index in [0.29, 0.717) is 19.3 Å². The van der Waals surface area contributed by atoms with Gasteiger partial charge in [-0.3, -0.25) is 19.2 Å². The van der Waals surface area contributed by atoms with Crippen LogP contribution >= 0.6 is 12.6 Å². The smallest absolute Gasteiger partial charge is 0.207 e. The Bertz CT molecular complexity index is 1100. The number of hydrogen-bond donors (Lipinski definition) is 4. The number of aliphatic hydroxyl groups excluding tert-OH is 3. The van der Waals surface area contributed by atoms with Gasteiger partial charge in [0.25, 0.3) is 0 Å². The zero-order chi connectivity index (χ0) is 52.1. The van der Waals surface area contributed by atoms with Gasteiger partial charge < -0.3 is 15.3 Å². The second kappa shape index (κ2) is 54.2. The summed E-state index contributed by atoms with van der Waals surface area (Å²) in [4.78, 5) is 54.6. The Morgan fingerprint density at radius 1 is 0.314 bits per heavy atom. The summed E-state index contributed by atoms with van der Waals surface area (Å²) < 4.78 is 0. The molecule has 0 radical (unpaired) electrons. The Morgan fingerprint density at radius 3 is 0.671 bits per heavy atom. The standard InChI is InChI=1S/C57H108O4S.C5H12O3/c1-4-7-10-13-16-19-22-25-28-31-34-37-40-43-46-49-53(58)52-57(56(61)62,54(59)50-47-44-41-38-35-32-29-26-23-20-17-14-11-8-5-2)55(60)51-48-45-42-39-36-33-30-27-24-21-18-15-12-9-6-3;1-5(2-6,3-7)4-8/h4-52H2,1-3H3,(H,61,62);6-8H,2-4H2,1H3. The molecule has 0 saturated heterocycles. The first kappa shape index (κ1) is 71.0. The van der Waals surface area contributed by atoms with Crippen molar-refractivity contribution in [1.82, 2.24) is 0 Å². The number of hydrogen-bond acceptors (Lipinski definition) is 7. The Kier molecular flexibility index (Phi) is 54.9. The van der Waals surface area contributed by atoms with E-state index >= 15 is 0 Å². The number of carbonyl (C=O) groups is 4. The zero-order valence-corrected chi connectivity index (χ0v) is 48.1. The number of ketones is 3. The molecular formula is C62H120O7S. The summed E-state index contributed by atoms with van der Waals surface area (Å²) in [5, 5.41) is 24.7. The van der Waals surface area contributed by atoms with E-state index in [-0.39, 0.29) is 56.4 Å². The summed E-state index contributed by atoms with van der Waals surface area (Å²) in [7, 11) is 0. The topological polar surface area (TPSA) is 129 Å². The lowest BCUT2D eigenvalue weighted by molar-refractivity contribution is -0.149. The second-order valence-electron chi connectivity index (χ2n) is 22.2. The fourth-order valence-corrected chi connectivity index (χ4v) is 9.96. The second-order valence-corrected chi connectivity index (χ2v) is 22.6. The molecule has 70 heavy (non-hydrogen) atoms. The predicted molar refractivity (Wildman–Crippen MR) is 304 cm³/mol. The average molecular weight is 1010 g/mol. The molecule has 8 heteroatoms. The molecule has 0 atom stereocenters. The van der Waals surface area contributed by atoms with Gasteiger partial charge in [0.15, 0.2) is 17.0 Å². The van der Waals surface area contributed by atoms with Crippen molar-refractivity contribution in [2.45, 2.75) is 342 Å². The van der Waals surface area contributed by atoms with E-state index in [1.54, 1.807) is 6.92 Å². The summed E-state index contributed by atoms with van der Waals surface area (Å²) in [6.45, 7) is 7.88. The van der Waals surface area contributed by atoms with Crippen molar-refractivity contribution >= 4 is 35.1 Å². The van der Waals surface area contributed by atoms with Crippen LogP contribution in [0.25, 0.3) is 0 Å².